The van der Waals surface area contributed by atoms with E-state index in [1.807, 2.05) is 31.0 Å². The molecule has 158 valence electrons. The molecule has 0 fully saturated rings. The van der Waals surface area contributed by atoms with E-state index >= 15 is 0 Å². The lowest BCUT2D eigenvalue weighted by molar-refractivity contribution is 0.174. The summed E-state index contributed by atoms with van der Waals surface area (Å²) in [7, 11) is 1.94. The van der Waals surface area contributed by atoms with Gasteiger partial charge in [-0.25, -0.2) is 4.98 Å². The molecule has 1 aromatic carbocycles. The Morgan fingerprint density at radius 3 is 2.65 bits per heavy atom. The van der Waals surface area contributed by atoms with Gasteiger partial charge in [0.25, 0.3) is 0 Å². The van der Waals surface area contributed by atoms with E-state index in [2.05, 4.69) is 20.1 Å². The number of aromatic nitrogens is 4. The molecule has 0 bridgehead atoms. The molecule has 4 heterocycles. The number of halogens is 1. The van der Waals surface area contributed by atoms with Crippen LogP contribution in [0.3, 0.4) is 0 Å². The van der Waals surface area contributed by atoms with Crippen molar-refractivity contribution in [1.29, 1.82) is 0 Å². The van der Waals surface area contributed by atoms with E-state index in [4.69, 9.17) is 30.0 Å². The molecule has 0 saturated carbocycles. The van der Waals surface area contributed by atoms with Crippen molar-refractivity contribution in [2.45, 2.75) is 20.0 Å². The van der Waals surface area contributed by atoms with Crippen LogP contribution in [0.15, 0.2) is 45.6 Å². The Hall–Kier alpha value is -3.43. The average Bonchev–Trinajstić information content (AvgIpc) is 3.49. The number of ether oxygens (including phenoxy) is 2. The second-order valence-electron chi connectivity index (χ2n) is 7.13. The lowest BCUT2D eigenvalue weighted by Crippen LogP contribution is -2.18. The van der Waals surface area contributed by atoms with Crippen LogP contribution in [-0.2, 0) is 13.1 Å². The maximum absolute atomic E-state index is 6.39. The molecule has 0 amide bonds. The standard InChI is InChI=1S/C21H18ClN5O4/c1-12-16(24-21(30-12)14-7-17-18(8-15(14)22)29-11-28-17)9-27(2)10-19-25-20(26-31-19)13-3-5-23-6-4-13/h3-8H,9-11H2,1-2H3. The molecule has 9 nitrogen and oxygen atoms in total. The summed E-state index contributed by atoms with van der Waals surface area (Å²) in [4.78, 5) is 15.1. The van der Waals surface area contributed by atoms with Gasteiger partial charge in [0.15, 0.2) is 11.5 Å². The molecule has 0 aliphatic carbocycles. The maximum atomic E-state index is 6.39. The predicted octanol–water partition coefficient (Wildman–Crippen LogP) is 4.11. The summed E-state index contributed by atoms with van der Waals surface area (Å²) in [5.74, 6) is 3.41. The third kappa shape index (κ3) is 3.97. The molecule has 3 aromatic heterocycles. The number of aryl methyl sites for hydroxylation is 1. The first-order valence-corrected chi connectivity index (χ1v) is 9.92. The van der Waals surface area contributed by atoms with E-state index in [1.165, 1.54) is 0 Å². The molecule has 4 aromatic rings. The molecule has 0 saturated heterocycles. The van der Waals surface area contributed by atoms with Gasteiger partial charge in [-0.15, -0.1) is 0 Å². The Balaban J connectivity index is 1.30. The number of nitrogens with zero attached hydrogens (tertiary/aromatic N) is 5. The minimum atomic E-state index is 0.175. The van der Waals surface area contributed by atoms with Crippen molar-refractivity contribution in [3.05, 3.63) is 59.0 Å². The molecule has 1 aliphatic rings. The summed E-state index contributed by atoms with van der Waals surface area (Å²) in [5, 5.41) is 4.52. The Morgan fingerprint density at radius 2 is 1.84 bits per heavy atom. The van der Waals surface area contributed by atoms with Crippen molar-refractivity contribution < 1.29 is 18.4 Å². The van der Waals surface area contributed by atoms with E-state index in [-0.39, 0.29) is 6.79 Å². The van der Waals surface area contributed by atoms with Crippen molar-refractivity contribution in [2.75, 3.05) is 13.8 Å². The van der Waals surface area contributed by atoms with Crippen molar-refractivity contribution in [2.24, 2.45) is 0 Å². The number of hydrogen-bond acceptors (Lipinski definition) is 9. The lowest BCUT2D eigenvalue weighted by Gasteiger charge is -2.12. The number of oxazole rings is 1. The first-order valence-electron chi connectivity index (χ1n) is 9.54. The second-order valence-corrected chi connectivity index (χ2v) is 7.53. The third-order valence-electron chi connectivity index (χ3n) is 4.82. The average molecular weight is 440 g/mol. The molecule has 0 atom stereocenters. The van der Waals surface area contributed by atoms with Crippen molar-refractivity contribution in [3.63, 3.8) is 0 Å². The molecule has 1 aliphatic heterocycles. The van der Waals surface area contributed by atoms with Gasteiger partial charge in [0.1, 0.15) is 5.76 Å². The van der Waals surface area contributed by atoms with E-state index in [0.717, 1.165) is 11.3 Å². The lowest BCUT2D eigenvalue weighted by atomic mass is 10.2. The van der Waals surface area contributed by atoms with Gasteiger partial charge in [-0.2, -0.15) is 4.98 Å². The minimum absolute atomic E-state index is 0.175. The summed E-state index contributed by atoms with van der Waals surface area (Å²) < 4.78 is 22.0. The van der Waals surface area contributed by atoms with Gasteiger partial charge in [0.2, 0.25) is 24.4 Å². The summed E-state index contributed by atoms with van der Waals surface area (Å²) in [5.41, 5.74) is 2.30. The van der Waals surface area contributed by atoms with Crippen LogP contribution in [0.2, 0.25) is 5.02 Å². The molecule has 5 rings (SSSR count). The second kappa shape index (κ2) is 8.01. The largest absolute Gasteiger partial charge is 0.454 e. The van der Waals surface area contributed by atoms with Gasteiger partial charge in [0.05, 0.1) is 22.8 Å². The zero-order valence-corrected chi connectivity index (χ0v) is 17.6. The van der Waals surface area contributed by atoms with Gasteiger partial charge in [-0.1, -0.05) is 16.8 Å². The number of fused-ring (bicyclic) bond motifs is 1. The summed E-state index contributed by atoms with van der Waals surface area (Å²) >= 11 is 6.39. The van der Waals surface area contributed by atoms with Gasteiger partial charge >= 0.3 is 0 Å². The smallest absolute Gasteiger partial charge is 0.241 e. The first kappa shape index (κ1) is 19.5. The van der Waals surface area contributed by atoms with Crippen molar-refractivity contribution in [1.82, 2.24) is 25.0 Å². The molecule has 0 spiro atoms. The third-order valence-corrected chi connectivity index (χ3v) is 5.13. The van der Waals surface area contributed by atoms with E-state index in [9.17, 15) is 0 Å². The van der Waals surface area contributed by atoms with Crippen molar-refractivity contribution >= 4 is 11.6 Å². The van der Waals surface area contributed by atoms with Crippen LogP contribution in [0.5, 0.6) is 11.5 Å². The molecule has 0 unspecified atom stereocenters. The monoisotopic (exact) mass is 439 g/mol. The Morgan fingerprint density at radius 1 is 1.06 bits per heavy atom. The van der Waals surface area contributed by atoms with E-state index < -0.39 is 0 Å². The molecule has 0 N–H and O–H groups in total. The van der Waals surface area contributed by atoms with E-state index in [1.54, 1.807) is 24.5 Å². The Kier molecular flexibility index (Phi) is 5.05. The molecule has 31 heavy (non-hydrogen) atoms. The normalized spacial score (nSPS) is 12.6. The van der Waals surface area contributed by atoms with Crippen LogP contribution in [0, 0.1) is 6.92 Å². The van der Waals surface area contributed by atoms with Gasteiger partial charge < -0.3 is 18.4 Å². The highest BCUT2D eigenvalue weighted by molar-refractivity contribution is 6.33. The van der Waals surface area contributed by atoms with Gasteiger partial charge in [-0.05, 0) is 32.2 Å². The summed E-state index contributed by atoms with van der Waals surface area (Å²) in [6, 6.07) is 7.16. The molecule has 0 radical (unpaired) electrons. The summed E-state index contributed by atoms with van der Waals surface area (Å²) in [6.45, 7) is 3.04. The number of hydrogen-bond donors (Lipinski definition) is 0. The fraction of sp³-hybridized carbons (Fsp3) is 0.238. The van der Waals surface area contributed by atoms with Gasteiger partial charge in [0, 0.05) is 30.6 Å². The fourth-order valence-corrected chi connectivity index (χ4v) is 3.49. The minimum Gasteiger partial charge on any atom is -0.454 e. The van der Waals surface area contributed by atoms with Crippen LogP contribution in [0.1, 0.15) is 17.3 Å². The SMILES string of the molecule is Cc1oc(-c2cc3c(cc2Cl)OCO3)nc1CN(C)Cc1nc(-c2ccncc2)no1. The molecular formula is C21H18ClN5O4. The van der Waals surface area contributed by atoms with Crippen LogP contribution >= 0.6 is 11.6 Å². The van der Waals surface area contributed by atoms with Crippen LogP contribution in [-0.4, -0.2) is 38.8 Å². The van der Waals surface area contributed by atoms with Crippen LogP contribution in [0.25, 0.3) is 22.8 Å². The first-order chi connectivity index (χ1) is 15.1. The quantitative estimate of drug-likeness (QED) is 0.439. The number of benzene rings is 1. The number of rotatable bonds is 6. The summed E-state index contributed by atoms with van der Waals surface area (Å²) in [6.07, 6.45) is 3.38. The Bertz CT molecular complexity index is 1220. The van der Waals surface area contributed by atoms with E-state index in [0.29, 0.717) is 58.5 Å². The molecular weight excluding hydrogens is 422 g/mol. The highest BCUT2D eigenvalue weighted by Gasteiger charge is 2.22. The predicted molar refractivity (Wildman–Crippen MR) is 111 cm³/mol. The number of pyridine rings is 1. The Labute approximate surface area is 182 Å². The zero-order valence-electron chi connectivity index (χ0n) is 16.8. The topological polar surface area (TPSA) is 99.5 Å². The van der Waals surface area contributed by atoms with Crippen LogP contribution < -0.4 is 9.47 Å². The fourth-order valence-electron chi connectivity index (χ4n) is 3.25. The highest BCUT2D eigenvalue weighted by atomic mass is 35.5. The zero-order chi connectivity index (χ0) is 21.4. The van der Waals surface area contributed by atoms with Crippen LogP contribution in [0.4, 0.5) is 0 Å². The highest BCUT2D eigenvalue weighted by Crippen LogP contribution is 2.41. The maximum Gasteiger partial charge on any atom is 0.241 e. The molecule has 10 heteroatoms. The van der Waals surface area contributed by atoms with Gasteiger partial charge in [-0.3, -0.25) is 9.88 Å². The van der Waals surface area contributed by atoms with Crippen molar-refractivity contribution in [3.8, 4) is 34.3 Å².